The molecule has 1 aromatic carbocycles. The van der Waals surface area contributed by atoms with Crippen molar-refractivity contribution in [3.63, 3.8) is 0 Å². The summed E-state index contributed by atoms with van der Waals surface area (Å²) in [5, 5.41) is 6.95. The first-order chi connectivity index (χ1) is 9.10. The zero-order valence-corrected chi connectivity index (χ0v) is 12.7. The minimum absolute atomic E-state index is 0.302. The van der Waals surface area contributed by atoms with E-state index in [1.807, 2.05) is 26.1 Å². The lowest BCUT2D eigenvalue weighted by Crippen LogP contribution is -2.09. The molecule has 0 fully saturated rings. The van der Waals surface area contributed by atoms with Crippen LogP contribution in [0.2, 0.25) is 0 Å². The molecule has 0 aliphatic rings. The fourth-order valence-electron chi connectivity index (χ4n) is 1.86. The third-order valence-electron chi connectivity index (χ3n) is 2.60. The van der Waals surface area contributed by atoms with Gasteiger partial charge in [0.05, 0.1) is 0 Å². The fourth-order valence-corrected chi connectivity index (χ4v) is 2.48. The molecular formula is C13H16BrN3O2. The molecule has 5 nitrogen and oxygen atoms in total. The SMILES string of the molecule is CNCc1cc(Br)cc(C)c1OCc1noc(C)n1. The molecule has 102 valence electrons. The highest BCUT2D eigenvalue weighted by Gasteiger charge is 2.10. The maximum absolute atomic E-state index is 5.83. The smallest absolute Gasteiger partial charge is 0.223 e. The molecule has 19 heavy (non-hydrogen) atoms. The van der Waals surface area contributed by atoms with Crippen molar-refractivity contribution in [1.82, 2.24) is 15.5 Å². The van der Waals surface area contributed by atoms with Crippen molar-refractivity contribution in [3.8, 4) is 5.75 Å². The molecule has 0 atom stereocenters. The van der Waals surface area contributed by atoms with Gasteiger partial charge in [0.2, 0.25) is 11.7 Å². The van der Waals surface area contributed by atoms with Gasteiger partial charge in [-0.25, -0.2) is 0 Å². The number of aromatic nitrogens is 2. The standard InChI is InChI=1S/C13H16BrN3O2/c1-8-4-11(14)5-10(6-15-3)13(8)18-7-12-16-9(2)19-17-12/h4-5,15H,6-7H2,1-3H3. The highest BCUT2D eigenvalue weighted by Crippen LogP contribution is 2.28. The van der Waals surface area contributed by atoms with E-state index in [-0.39, 0.29) is 0 Å². The average molecular weight is 326 g/mol. The monoisotopic (exact) mass is 325 g/mol. The van der Waals surface area contributed by atoms with E-state index in [1.54, 1.807) is 6.92 Å². The number of rotatable bonds is 5. The van der Waals surface area contributed by atoms with E-state index in [0.29, 0.717) is 18.3 Å². The molecule has 0 unspecified atom stereocenters. The Kier molecular flexibility index (Phi) is 4.55. The van der Waals surface area contributed by atoms with E-state index >= 15 is 0 Å². The van der Waals surface area contributed by atoms with Crippen molar-refractivity contribution in [2.45, 2.75) is 27.0 Å². The largest absolute Gasteiger partial charge is 0.485 e. The van der Waals surface area contributed by atoms with Crippen LogP contribution in [-0.2, 0) is 13.2 Å². The van der Waals surface area contributed by atoms with Gasteiger partial charge in [-0.3, -0.25) is 0 Å². The first kappa shape index (κ1) is 14.0. The third kappa shape index (κ3) is 3.54. The maximum atomic E-state index is 5.83. The summed E-state index contributed by atoms with van der Waals surface area (Å²) in [7, 11) is 1.91. The van der Waals surface area contributed by atoms with Gasteiger partial charge >= 0.3 is 0 Å². The Morgan fingerprint density at radius 1 is 1.37 bits per heavy atom. The summed E-state index contributed by atoms with van der Waals surface area (Å²) < 4.78 is 11.8. The number of hydrogen-bond donors (Lipinski definition) is 1. The van der Waals surface area contributed by atoms with Crippen LogP contribution in [0.5, 0.6) is 5.75 Å². The Balaban J connectivity index is 2.18. The van der Waals surface area contributed by atoms with Crippen LogP contribution in [0.1, 0.15) is 22.8 Å². The summed E-state index contributed by atoms with van der Waals surface area (Å²) >= 11 is 3.49. The predicted molar refractivity (Wildman–Crippen MR) is 75.0 cm³/mol. The van der Waals surface area contributed by atoms with E-state index < -0.39 is 0 Å². The van der Waals surface area contributed by atoms with Crippen LogP contribution in [0.25, 0.3) is 0 Å². The van der Waals surface area contributed by atoms with Gasteiger partial charge in [-0.1, -0.05) is 21.1 Å². The zero-order chi connectivity index (χ0) is 13.8. The second-order valence-corrected chi connectivity index (χ2v) is 5.18. The highest BCUT2D eigenvalue weighted by molar-refractivity contribution is 9.10. The summed E-state index contributed by atoms with van der Waals surface area (Å²) in [6.07, 6.45) is 0. The van der Waals surface area contributed by atoms with Crippen molar-refractivity contribution in [2.75, 3.05) is 7.05 Å². The summed E-state index contributed by atoms with van der Waals surface area (Å²) in [6.45, 7) is 4.81. The Labute approximate surface area is 120 Å². The second-order valence-electron chi connectivity index (χ2n) is 4.26. The van der Waals surface area contributed by atoms with Gasteiger partial charge in [-0.05, 0) is 31.7 Å². The molecule has 0 bridgehead atoms. The Morgan fingerprint density at radius 2 is 2.16 bits per heavy atom. The number of ether oxygens (including phenoxy) is 1. The molecule has 0 saturated carbocycles. The molecule has 1 N–H and O–H groups in total. The zero-order valence-electron chi connectivity index (χ0n) is 11.2. The minimum atomic E-state index is 0.302. The summed E-state index contributed by atoms with van der Waals surface area (Å²) in [5.74, 6) is 1.96. The molecule has 0 radical (unpaired) electrons. The topological polar surface area (TPSA) is 60.2 Å². The first-order valence-corrected chi connectivity index (χ1v) is 6.75. The lowest BCUT2D eigenvalue weighted by molar-refractivity contribution is 0.281. The van der Waals surface area contributed by atoms with E-state index in [2.05, 4.69) is 31.4 Å². The molecule has 0 amide bonds. The first-order valence-electron chi connectivity index (χ1n) is 5.95. The lowest BCUT2D eigenvalue weighted by atomic mass is 10.1. The van der Waals surface area contributed by atoms with Gasteiger partial charge in [0.1, 0.15) is 5.75 Å². The summed E-state index contributed by atoms with van der Waals surface area (Å²) in [6, 6.07) is 4.07. The molecule has 0 aliphatic heterocycles. The molecule has 2 rings (SSSR count). The quantitative estimate of drug-likeness (QED) is 0.915. The third-order valence-corrected chi connectivity index (χ3v) is 3.06. The number of nitrogens with zero attached hydrogens (tertiary/aromatic N) is 2. The fraction of sp³-hybridized carbons (Fsp3) is 0.385. The predicted octanol–water partition coefficient (Wildman–Crippen LogP) is 2.75. The molecule has 0 saturated heterocycles. The van der Waals surface area contributed by atoms with Crippen LogP contribution in [0.4, 0.5) is 0 Å². The second kappa shape index (κ2) is 6.16. The number of nitrogens with one attached hydrogen (secondary N) is 1. The van der Waals surface area contributed by atoms with E-state index in [1.165, 1.54) is 0 Å². The van der Waals surface area contributed by atoms with Crippen LogP contribution in [0, 0.1) is 13.8 Å². The average Bonchev–Trinajstić information content (AvgIpc) is 2.74. The Hall–Kier alpha value is -1.40. The van der Waals surface area contributed by atoms with E-state index in [0.717, 1.165) is 27.9 Å². The molecule has 2 aromatic rings. The van der Waals surface area contributed by atoms with Crippen molar-refractivity contribution < 1.29 is 9.26 Å². The molecule has 6 heteroatoms. The van der Waals surface area contributed by atoms with Crippen LogP contribution < -0.4 is 10.1 Å². The Morgan fingerprint density at radius 3 is 2.79 bits per heavy atom. The van der Waals surface area contributed by atoms with Gasteiger partial charge in [0.15, 0.2) is 6.61 Å². The van der Waals surface area contributed by atoms with Gasteiger partial charge in [-0.15, -0.1) is 0 Å². The van der Waals surface area contributed by atoms with Crippen molar-refractivity contribution in [3.05, 3.63) is 39.4 Å². The number of halogens is 1. The number of benzene rings is 1. The molecule has 1 heterocycles. The lowest BCUT2D eigenvalue weighted by Gasteiger charge is -2.13. The summed E-state index contributed by atoms with van der Waals surface area (Å²) in [5.41, 5.74) is 2.16. The van der Waals surface area contributed by atoms with Crippen molar-refractivity contribution >= 4 is 15.9 Å². The van der Waals surface area contributed by atoms with Crippen molar-refractivity contribution in [1.29, 1.82) is 0 Å². The molecule has 0 aliphatic carbocycles. The Bertz CT molecular complexity index is 569. The number of hydrogen-bond acceptors (Lipinski definition) is 5. The molecule has 0 spiro atoms. The van der Waals surface area contributed by atoms with Crippen LogP contribution >= 0.6 is 15.9 Å². The molecule has 1 aromatic heterocycles. The molecular weight excluding hydrogens is 310 g/mol. The van der Waals surface area contributed by atoms with Gasteiger partial charge in [-0.2, -0.15) is 4.98 Å². The van der Waals surface area contributed by atoms with Crippen molar-refractivity contribution in [2.24, 2.45) is 0 Å². The van der Waals surface area contributed by atoms with Crippen LogP contribution in [-0.4, -0.2) is 17.2 Å². The normalized spacial score (nSPS) is 10.7. The van der Waals surface area contributed by atoms with Gasteiger partial charge in [0, 0.05) is 23.5 Å². The van der Waals surface area contributed by atoms with Gasteiger partial charge < -0.3 is 14.6 Å². The maximum Gasteiger partial charge on any atom is 0.223 e. The van der Waals surface area contributed by atoms with E-state index in [4.69, 9.17) is 9.26 Å². The highest BCUT2D eigenvalue weighted by atomic mass is 79.9. The van der Waals surface area contributed by atoms with Crippen LogP contribution in [0.15, 0.2) is 21.1 Å². The summed E-state index contributed by atoms with van der Waals surface area (Å²) in [4.78, 5) is 4.12. The van der Waals surface area contributed by atoms with Gasteiger partial charge in [0.25, 0.3) is 0 Å². The number of aryl methyl sites for hydroxylation is 2. The minimum Gasteiger partial charge on any atom is -0.485 e. The van der Waals surface area contributed by atoms with E-state index in [9.17, 15) is 0 Å². The van der Waals surface area contributed by atoms with Crippen LogP contribution in [0.3, 0.4) is 0 Å².